The van der Waals surface area contributed by atoms with Gasteiger partial charge in [0.05, 0.1) is 0 Å². The lowest BCUT2D eigenvalue weighted by atomic mass is 9.92. The van der Waals surface area contributed by atoms with E-state index in [0.717, 1.165) is 0 Å². The zero-order chi connectivity index (χ0) is 11.4. The summed E-state index contributed by atoms with van der Waals surface area (Å²) < 4.78 is 36.8. The van der Waals surface area contributed by atoms with Gasteiger partial charge in [0.2, 0.25) is 0 Å². The lowest BCUT2D eigenvalue weighted by Gasteiger charge is -2.37. The Kier molecular flexibility index (Phi) is 2.15. The van der Waals surface area contributed by atoms with E-state index in [0.29, 0.717) is 0 Å². The van der Waals surface area contributed by atoms with Gasteiger partial charge in [-0.3, -0.25) is 0 Å². The van der Waals surface area contributed by atoms with Crippen molar-refractivity contribution >= 4 is 0 Å². The van der Waals surface area contributed by atoms with Crippen molar-refractivity contribution < 1.29 is 38.7 Å². The molecule has 0 unspecified atom stereocenters. The minimum absolute atomic E-state index is 0.688. The van der Waals surface area contributed by atoms with Crippen LogP contribution in [0.15, 0.2) is 0 Å². The number of rotatable bonds is 2. The Morgan fingerprint density at radius 1 is 0.857 bits per heavy atom. The molecule has 5 N–H and O–H groups in total. The monoisotopic (exact) mass is 218 g/mol. The second kappa shape index (κ2) is 2.58. The summed E-state index contributed by atoms with van der Waals surface area (Å²) in [5.41, 5.74) is -3.07. The fourth-order valence-electron chi connectivity index (χ4n) is 1.28. The molecule has 0 saturated heterocycles. The maximum absolute atomic E-state index is 12.3. The second-order valence-corrected chi connectivity index (χ2v) is 3.39. The molecule has 1 rings (SSSR count). The molecule has 0 heterocycles. The van der Waals surface area contributed by atoms with Crippen molar-refractivity contribution in [3.05, 3.63) is 0 Å². The molecule has 0 amide bonds. The molecule has 0 aliphatic heterocycles. The quantitative estimate of drug-likeness (QED) is 0.368. The SMILES string of the molecule is OC(O)(O)C(O)(O)C1(C(F)(F)F)CC1. The summed E-state index contributed by atoms with van der Waals surface area (Å²) in [6, 6.07) is 0. The molecule has 0 spiro atoms. The minimum Gasteiger partial charge on any atom is -0.359 e. The van der Waals surface area contributed by atoms with E-state index in [4.69, 9.17) is 25.5 Å². The molecule has 0 aromatic carbocycles. The van der Waals surface area contributed by atoms with Crippen LogP contribution in [-0.2, 0) is 0 Å². The molecule has 1 saturated carbocycles. The van der Waals surface area contributed by atoms with Gasteiger partial charge >= 0.3 is 12.1 Å². The van der Waals surface area contributed by atoms with E-state index >= 15 is 0 Å². The van der Waals surface area contributed by atoms with Gasteiger partial charge < -0.3 is 25.5 Å². The fraction of sp³-hybridized carbons (Fsp3) is 1.00. The first-order valence-corrected chi connectivity index (χ1v) is 3.64. The first kappa shape index (κ1) is 11.7. The summed E-state index contributed by atoms with van der Waals surface area (Å²) in [6.07, 6.45) is -6.41. The number of alkyl halides is 3. The van der Waals surface area contributed by atoms with E-state index in [9.17, 15) is 13.2 Å². The number of aliphatic hydroxyl groups is 5. The van der Waals surface area contributed by atoms with E-state index in [1.807, 2.05) is 0 Å². The second-order valence-electron chi connectivity index (χ2n) is 3.39. The molecule has 0 radical (unpaired) electrons. The number of hydrogen-bond donors (Lipinski definition) is 5. The zero-order valence-electron chi connectivity index (χ0n) is 6.78. The van der Waals surface area contributed by atoms with E-state index in [-0.39, 0.29) is 0 Å². The van der Waals surface area contributed by atoms with Gasteiger partial charge in [-0.2, -0.15) is 13.2 Å². The van der Waals surface area contributed by atoms with Crippen molar-refractivity contribution in [3.8, 4) is 0 Å². The average Bonchev–Trinajstić information content (AvgIpc) is 2.58. The van der Waals surface area contributed by atoms with Crippen molar-refractivity contribution in [2.45, 2.75) is 30.8 Å². The largest absolute Gasteiger partial charge is 0.399 e. The van der Waals surface area contributed by atoms with Crippen molar-refractivity contribution in [1.29, 1.82) is 0 Å². The summed E-state index contributed by atoms with van der Waals surface area (Å²) in [4.78, 5) is 0. The first-order chi connectivity index (χ1) is 5.96. The van der Waals surface area contributed by atoms with Gasteiger partial charge in [-0.05, 0) is 12.8 Å². The van der Waals surface area contributed by atoms with Crippen LogP contribution in [0.1, 0.15) is 12.8 Å². The molecule has 1 aliphatic carbocycles. The van der Waals surface area contributed by atoms with Crippen LogP contribution in [0.25, 0.3) is 0 Å². The van der Waals surface area contributed by atoms with Crippen LogP contribution in [0, 0.1) is 5.41 Å². The summed E-state index contributed by atoms with van der Waals surface area (Å²) >= 11 is 0. The molecule has 1 fully saturated rings. The number of hydrogen-bond acceptors (Lipinski definition) is 5. The van der Waals surface area contributed by atoms with Crippen LogP contribution in [0.2, 0.25) is 0 Å². The van der Waals surface area contributed by atoms with Gasteiger partial charge in [-0.15, -0.1) is 0 Å². The van der Waals surface area contributed by atoms with Crippen LogP contribution in [0.5, 0.6) is 0 Å². The third-order valence-corrected chi connectivity index (χ3v) is 2.43. The Labute approximate surface area is 76.0 Å². The summed E-state index contributed by atoms with van der Waals surface area (Å²) in [5, 5.41) is 42.9. The van der Waals surface area contributed by atoms with Gasteiger partial charge in [0.15, 0.2) is 0 Å². The zero-order valence-corrected chi connectivity index (χ0v) is 6.78. The molecule has 14 heavy (non-hydrogen) atoms. The Morgan fingerprint density at radius 3 is 1.29 bits per heavy atom. The molecule has 0 bridgehead atoms. The normalized spacial score (nSPS) is 22.3. The van der Waals surface area contributed by atoms with E-state index in [1.165, 1.54) is 0 Å². The third kappa shape index (κ3) is 1.30. The van der Waals surface area contributed by atoms with Gasteiger partial charge in [0.1, 0.15) is 5.41 Å². The van der Waals surface area contributed by atoms with Gasteiger partial charge in [-0.25, -0.2) is 0 Å². The fourth-order valence-corrected chi connectivity index (χ4v) is 1.28. The van der Waals surface area contributed by atoms with Crippen LogP contribution in [0.4, 0.5) is 13.2 Å². The third-order valence-electron chi connectivity index (χ3n) is 2.43. The van der Waals surface area contributed by atoms with Crippen molar-refractivity contribution in [1.82, 2.24) is 0 Å². The van der Waals surface area contributed by atoms with E-state index in [2.05, 4.69) is 0 Å². The highest BCUT2D eigenvalue weighted by Gasteiger charge is 2.79. The first-order valence-electron chi connectivity index (χ1n) is 3.64. The van der Waals surface area contributed by atoms with Gasteiger partial charge in [-0.1, -0.05) is 0 Å². The molecule has 5 nitrogen and oxygen atoms in total. The average molecular weight is 218 g/mol. The van der Waals surface area contributed by atoms with Gasteiger partial charge in [0.25, 0.3) is 5.79 Å². The van der Waals surface area contributed by atoms with Crippen molar-refractivity contribution in [3.63, 3.8) is 0 Å². The Balaban J connectivity index is 3.05. The summed E-state index contributed by atoms with van der Waals surface area (Å²) in [7, 11) is 0. The van der Waals surface area contributed by atoms with Crippen LogP contribution >= 0.6 is 0 Å². The summed E-state index contributed by atoms with van der Waals surface area (Å²) in [5.74, 6) is -8.24. The lowest BCUT2D eigenvalue weighted by Crippen LogP contribution is -2.63. The molecular weight excluding hydrogens is 209 g/mol. The molecule has 1 aliphatic rings. The minimum atomic E-state index is -5.03. The maximum atomic E-state index is 12.3. The maximum Gasteiger partial charge on any atom is 0.399 e. The van der Waals surface area contributed by atoms with E-state index < -0.39 is 36.2 Å². The van der Waals surface area contributed by atoms with Crippen LogP contribution < -0.4 is 0 Å². The predicted octanol–water partition coefficient (Wildman–Crippen LogP) is -1.36. The topological polar surface area (TPSA) is 101 Å². The molecule has 0 atom stereocenters. The molecule has 0 aromatic heterocycles. The van der Waals surface area contributed by atoms with E-state index in [1.54, 1.807) is 0 Å². The lowest BCUT2D eigenvalue weighted by molar-refractivity contribution is -0.483. The molecule has 8 heteroatoms. The highest BCUT2D eigenvalue weighted by atomic mass is 19.4. The Morgan fingerprint density at radius 2 is 1.21 bits per heavy atom. The van der Waals surface area contributed by atoms with Crippen LogP contribution in [0.3, 0.4) is 0 Å². The highest BCUT2D eigenvalue weighted by molar-refractivity contribution is 5.10. The summed E-state index contributed by atoms with van der Waals surface area (Å²) in [6.45, 7) is 0. The predicted molar refractivity (Wildman–Crippen MR) is 34.3 cm³/mol. The van der Waals surface area contributed by atoms with Crippen molar-refractivity contribution in [2.75, 3.05) is 0 Å². The molecule has 84 valence electrons. The Bertz CT molecular complexity index is 223. The smallest absolute Gasteiger partial charge is 0.359 e. The van der Waals surface area contributed by atoms with Crippen LogP contribution in [-0.4, -0.2) is 43.5 Å². The highest BCUT2D eigenvalue weighted by Crippen LogP contribution is 2.64. The van der Waals surface area contributed by atoms with Gasteiger partial charge in [0, 0.05) is 0 Å². The van der Waals surface area contributed by atoms with Crippen molar-refractivity contribution in [2.24, 2.45) is 5.41 Å². The standard InChI is InChI=1S/C6H9F3O5/c7-5(8,9)3(1-2-3)4(10,11)6(12,13)14/h10-14H,1-2H2. The molecular formula is C6H9F3O5. The number of halogens is 3. The molecule has 0 aromatic rings. The Hall–Kier alpha value is -0.410.